The molecule has 3 heterocycles. The summed E-state index contributed by atoms with van der Waals surface area (Å²) in [6.07, 6.45) is 1.92. The number of fused-ring (bicyclic) bond motifs is 1. The molecule has 1 aliphatic rings. The predicted molar refractivity (Wildman–Crippen MR) is 165 cm³/mol. The van der Waals surface area contributed by atoms with Gasteiger partial charge in [0.1, 0.15) is 5.82 Å². The molecule has 1 amide bonds. The van der Waals surface area contributed by atoms with Crippen molar-refractivity contribution in [2.75, 3.05) is 39.2 Å². The molecule has 4 aromatic rings. The zero-order valence-electron chi connectivity index (χ0n) is 25.4. The molecule has 2 aromatic carbocycles. The average Bonchev–Trinajstić information content (AvgIpc) is 3.60. The van der Waals surface area contributed by atoms with E-state index in [4.69, 9.17) is 9.47 Å². The van der Waals surface area contributed by atoms with Gasteiger partial charge in [0.2, 0.25) is 5.91 Å². The number of hydrogen-bond acceptors (Lipinski definition) is 5. The van der Waals surface area contributed by atoms with Gasteiger partial charge in [-0.05, 0) is 66.1 Å². The normalized spacial score (nSPS) is 14.6. The van der Waals surface area contributed by atoms with E-state index >= 15 is 0 Å². The van der Waals surface area contributed by atoms with Crippen molar-refractivity contribution in [3.63, 3.8) is 0 Å². The van der Waals surface area contributed by atoms with Crippen LogP contribution in [-0.4, -0.2) is 59.8 Å². The molecule has 1 saturated heterocycles. The van der Waals surface area contributed by atoms with Gasteiger partial charge in [-0.2, -0.15) is 5.10 Å². The van der Waals surface area contributed by atoms with Crippen molar-refractivity contribution in [2.45, 2.75) is 64.7 Å². The number of hydrogen-bond donors (Lipinski definition) is 3. The minimum absolute atomic E-state index is 0.0353. The van der Waals surface area contributed by atoms with Crippen LogP contribution < -0.4 is 14.8 Å². The Bertz CT molecular complexity index is 1520. The maximum Gasteiger partial charge on any atom is 0.241 e. The second-order valence-corrected chi connectivity index (χ2v) is 12.4. The van der Waals surface area contributed by atoms with Crippen molar-refractivity contribution in [3.05, 3.63) is 59.3 Å². The number of amides is 1. The highest BCUT2D eigenvalue weighted by Gasteiger charge is 2.26. The van der Waals surface area contributed by atoms with Crippen LogP contribution in [-0.2, 0) is 10.2 Å². The molecular formula is C33H43N5O3. The monoisotopic (exact) mass is 557 g/mol. The molecule has 5 rings (SSSR count). The Hall–Kier alpha value is -3.94. The zero-order valence-corrected chi connectivity index (χ0v) is 25.4. The van der Waals surface area contributed by atoms with Crippen molar-refractivity contribution in [1.29, 1.82) is 0 Å². The summed E-state index contributed by atoms with van der Waals surface area (Å²) >= 11 is 0. The lowest BCUT2D eigenvalue weighted by molar-refractivity contribution is -0.130. The number of nitrogens with zero attached hydrogens (tertiary/aromatic N) is 2. The Kier molecular flexibility index (Phi) is 8.02. The van der Waals surface area contributed by atoms with Gasteiger partial charge in [-0.1, -0.05) is 40.7 Å². The number of H-pyrrole nitrogens is 2. The van der Waals surface area contributed by atoms with E-state index in [1.807, 2.05) is 23.1 Å². The van der Waals surface area contributed by atoms with E-state index in [1.54, 1.807) is 14.2 Å². The van der Waals surface area contributed by atoms with E-state index in [1.165, 1.54) is 16.5 Å². The number of anilines is 1. The number of nitrogens with one attached hydrogen (secondary N) is 3. The molecule has 0 saturated carbocycles. The standard InChI is InChI=1S/C33H43N5O3/c1-20(2)31-24-16-22(8-10-25(24)35-32(31)23-9-11-26(40-6)27(17-23)41-7)21-12-14-38(15-13-21)30(39)19-34-29-18-28(36-37-29)33(3,4)5/h8-11,16-18,20-21,35H,12-15,19H2,1-7H3,(H2,34,36,37). The number of likely N-dealkylation sites (tertiary alicyclic amines) is 1. The lowest BCUT2D eigenvalue weighted by Crippen LogP contribution is -2.40. The minimum Gasteiger partial charge on any atom is -0.493 e. The number of piperidine rings is 1. The maximum atomic E-state index is 12.9. The van der Waals surface area contributed by atoms with Gasteiger partial charge in [-0.3, -0.25) is 9.89 Å². The van der Waals surface area contributed by atoms with Crippen LogP contribution in [0.3, 0.4) is 0 Å². The fourth-order valence-corrected chi connectivity index (χ4v) is 5.84. The van der Waals surface area contributed by atoms with Crippen LogP contribution in [0.2, 0.25) is 0 Å². The molecule has 0 aliphatic carbocycles. The van der Waals surface area contributed by atoms with E-state index in [2.05, 4.69) is 79.4 Å². The van der Waals surface area contributed by atoms with Crippen LogP contribution >= 0.6 is 0 Å². The molecule has 1 fully saturated rings. The smallest absolute Gasteiger partial charge is 0.241 e. The highest BCUT2D eigenvalue weighted by Crippen LogP contribution is 2.40. The van der Waals surface area contributed by atoms with Crippen molar-refractivity contribution in [2.24, 2.45) is 0 Å². The number of rotatable bonds is 8. The number of methoxy groups -OCH3 is 2. The lowest BCUT2D eigenvalue weighted by Gasteiger charge is -2.32. The molecule has 0 spiro atoms. The van der Waals surface area contributed by atoms with Gasteiger partial charge < -0.3 is 24.7 Å². The first kappa shape index (κ1) is 28.6. The summed E-state index contributed by atoms with van der Waals surface area (Å²) in [5, 5.41) is 11.8. The van der Waals surface area contributed by atoms with Crippen molar-refractivity contribution < 1.29 is 14.3 Å². The molecule has 41 heavy (non-hydrogen) atoms. The van der Waals surface area contributed by atoms with Gasteiger partial charge >= 0.3 is 0 Å². The number of aromatic amines is 2. The van der Waals surface area contributed by atoms with Gasteiger partial charge in [0.25, 0.3) is 0 Å². The van der Waals surface area contributed by atoms with Crippen LogP contribution in [0.4, 0.5) is 5.82 Å². The third kappa shape index (κ3) is 5.92. The van der Waals surface area contributed by atoms with Gasteiger partial charge in [-0.15, -0.1) is 0 Å². The number of benzene rings is 2. The first-order valence-electron chi connectivity index (χ1n) is 14.5. The van der Waals surface area contributed by atoms with E-state index in [-0.39, 0.29) is 17.9 Å². The van der Waals surface area contributed by atoms with Crippen LogP contribution in [0, 0.1) is 0 Å². The van der Waals surface area contributed by atoms with Gasteiger partial charge in [0.05, 0.1) is 32.2 Å². The summed E-state index contributed by atoms with van der Waals surface area (Å²) in [6, 6.07) is 14.9. The molecule has 1 aliphatic heterocycles. The highest BCUT2D eigenvalue weighted by molar-refractivity contribution is 5.92. The van der Waals surface area contributed by atoms with E-state index in [0.29, 0.717) is 11.8 Å². The first-order valence-corrected chi connectivity index (χ1v) is 14.5. The minimum atomic E-state index is -0.0353. The summed E-state index contributed by atoms with van der Waals surface area (Å²) in [5.41, 5.74) is 6.92. The summed E-state index contributed by atoms with van der Waals surface area (Å²) in [4.78, 5) is 18.6. The number of carbonyl (C=O) groups is 1. The SMILES string of the molecule is COc1ccc(-c2[nH]c3ccc(C4CCN(C(=O)CNc5cc(C(C)(C)C)n[nH]5)CC4)cc3c2C(C)C)cc1OC. The zero-order chi connectivity index (χ0) is 29.3. The Morgan fingerprint density at radius 1 is 1.05 bits per heavy atom. The van der Waals surface area contributed by atoms with Gasteiger partial charge in [-0.25, -0.2) is 0 Å². The Morgan fingerprint density at radius 3 is 2.41 bits per heavy atom. The van der Waals surface area contributed by atoms with Crippen molar-refractivity contribution in [1.82, 2.24) is 20.1 Å². The van der Waals surface area contributed by atoms with Crippen molar-refractivity contribution >= 4 is 22.6 Å². The molecule has 8 nitrogen and oxygen atoms in total. The number of aromatic nitrogens is 3. The van der Waals surface area contributed by atoms with Gasteiger partial charge in [0, 0.05) is 41.0 Å². The summed E-state index contributed by atoms with van der Waals surface area (Å²) < 4.78 is 11.0. The molecule has 0 atom stereocenters. The fourth-order valence-electron chi connectivity index (χ4n) is 5.84. The second kappa shape index (κ2) is 11.5. The lowest BCUT2D eigenvalue weighted by atomic mass is 9.87. The van der Waals surface area contributed by atoms with E-state index < -0.39 is 0 Å². The predicted octanol–water partition coefficient (Wildman–Crippen LogP) is 6.81. The third-order valence-electron chi connectivity index (χ3n) is 8.21. The second-order valence-electron chi connectivity index (χ2n) is 12.4. The maximum absolute atomic E-state index is 12.9. The van der Waals surface area contributed by atoms with Crippen LogP contribution in [0.25, 0.3) is 22.2 Å². The molecule has 0 unspecified atom stereocenters. The molecular weight excluding hydrogens is 514 g/mol. The summed E-state index contributed by atoms with van der Waals surface area (Å²) in [5.74, 6) is 3.11. The quantitative estimate of drug-likeness (QED) is 0.221. The molecule has 0 radical (unpaired) electrons. The highest BCUT2D eigenvalue weighted by atomic mass is 16.5. The molecule has 218 valence electrons. The summed E-state index contributed by atoms with van der Waals surface area (Å²) in [7, 11) is 3.32. The van der Waals surface area contributed by atoms with E-state index in [0.717, 1.165) is 65.7 Å². The summed E-state index contributed by atoms with van der Waals surface area (Å²) in [6.45, 7) is 12.6. The first-order chi connectivity index (χ1) is 19.6. The third-order valence-corrected chi connectivity index (χ3v) is 8.21. The molecule has 3 N–H and O–H groups in total. The molecule has 0 bridgehead atoms. The largest absolute Gasteiger partial charge is 0.493 e. The Labute approximate surface area is 242 Å². The van der Waals surface area contributed by atoms with Crippen molar-refractivity contribution in [3.8, 4) is 22.8 Å². The molecule has 2 aromatic heterocycles. The van der Waals surface area contributed by atoms with E-state index in [9.17, 15) is 4.79 Å². The number of ether oxygens (including phenoxy) is 2. The fraction of sp³-hybridized carbons (Fsp3) is 0.455. The van der Waals surface area contributed by atoms with Gasteiger partial charge in [0.15, 0.2) is 11.5 Å². The van der Waals surface area contributed by atoms with Crippen LogP contribution in [0.5, 0.6) is 11.5 Å². The van der Waals surface area contributed by atoms with Crippen LogP contribution in [0.1, 0.15) is 76.1 Å². The molecule has 8 heteroatoms. The average molecular weight is 558 g/mol. The Morgan fingerprint density at radius 2 is 1.78 bits per heavy atom. The number of carbonyl (C=O) groups excluding carboxylic acids is 1. The van der Waals surface area contributed by atoms with Crippen LogP contribution in [0.15, 0.2) is 42.5 Å². The Balaban J connectivity index is 1.28. The topological polar surface area (TPSA) is 95.3 Å².